The van der Waals surface area contributed by atoms with Crippen molar-refractivity contribution < 1.29 is 17.9 Å². The van der Waals surface area contributed by atoms with Crippen molar-refractivity contribution >= 4 is 22.3 Å². The average molecular weight is 346 g/mol. The summed E-state index contributed by atoms with van der Waals surface area (Å²) in [6.07, 6.45) is 1.40. The molecule has 1 N–H and O–H groups in total. The van der Waals surface area contributed by atoms with E-state index in [9.17, 15) is 13.2 Å². The highest BCUT2D eigenvalue weighted by atomic mass is 19.2. The summed E-state index contributed by atoms with van der Waals surface area (Å²) in [6, 6.07) is 9.36. The quantitative estimate of drug-likeness (QED) is 0.629. The Kier molecular flexibility index (Phi) is 4.29. The third kappa shape index (κ3) is 3.68. The number of rotatable bonds is 3. The molecule has 2 aromatic carbocycles. The van der Waals surface area contributed by atoms with Gasteiger partial charge in [0.1, 0.15) is 17.2 Å². The van der Waals surface area contributed by atoms with Crippen LogP contribution in [-0.4, -0.2) is 10.6 Å². The van der Waals surface area contributed by atoms with Gasteiger partial charge >= 0.3 is 0 Å². The maximum absolute atomic E-state index is 14.2. The van der Waals surface area contributed by atoms with Gasteiger partial charge in [-0.05, 0) is 62.6 Å². The number of hydrogen-bond acceptors (Lipinski definition) is 3. The third-order valence-corrected chi connectivity index (χ3v) is 3.43. The molecule has 130 valence electrons. The van der Waals surface area contributed by atoms with Crippen molar-refractivity contribution in [3.63, 3.8) is 0 Å². The molecule has 0 aliphatic rings. The fraction of sp³-hybridized carbons (Fsp3) is 0.211. The molecule has 6 heteroatoms. The summed E-state index contributed by atoms with van der Waals surface area (Å²) in [5.41, 5.74) is 0.294. The molecule has 3 rings (SSSR count). The third-order valence-electron chi connectivity index (χ3n) is 3.43. The van der Waals surface area contributed by atoms with E-state index in [1.807, 2.05) is 20.8 Å². The van der Waals surface area contributed by atoms with Gasteiger partial charge in [-0.3, -0.25) is 0 Å². The minimum Gasteiger partial charge on any atom is -0.488 e. The van der Waals surface area contributed by atoms with Crippen LogP contribution in [0.3, 0.4) is 0 Å². The molecule has 0 saturated carbocycles. The van der Waals surface area contributed by atoms with Gasteiger partial charge < -0.3 is 10.1 Å². The summed E-state index contributed by atoms with van der Waals surface area (Å²) in [6.45, 7) is 5.82. The van der Waals surface area contributed by atoms with Crippen molar-refractivity contribution in [2.45, 2.75) is 26.4 Å². The lowest BCUT2D eigenvalue weighted by Crippen LogP contribution is -2.22. The largest absolute Gasteiger partial charge is 0.488 e. The molecule has 0 radical (unpaired) electrons. The van der Waals surface area contributed by atoms with Gasteiger partial charge in [0.05, 0.1) is 5.39 Å². The van der Waals surface area contributed by atoms with Gasteiger partial charge in [-0.1, -0.05) is 0 Å². The standard InChI is InChI=1S/C19H17F3N2O/c1-19(2,3)25-13-6-4-12(5-7-13)24-18-15-11(8-9-23-18)10-14(20)16(21)17(15)22/h4-10H,1-3H3,(H,23,24). The first-order valence-corrected chi connectivity index (χ1v) is 7.73. The van der Waals surface area contributed by atoms with Crippen molar-refractivity contribution in [2.75, 3.05) is 5.32 Å². The van der Waals surface area contributed by atoms with E-state index in [4.69, 9.17) is 4.74 Å². The molecule has 0 unspecified atom stereocenters. The highest BCUT2D eigenvalue weighted by molar-refractivity contribution is 5.93. The Labute approximate surface area is 143 Å². The lowest BCUT2D eigenvalue weighted by Gasteiger charge is -2.21. The van der Waals surface area contributed by atoms with E-state index in [2.05, 4.69) is 10.3 Å². The van der Waals surface area contributed by atoms with E-state index in [0.717, 1.165) is 6.07 Å². The van der Waals surface area contributed by atoms with E-state index in [-0.39, 0.29) is 22.2 Å². The lowest BCUT2D eigenvalue weighted by atomic mass is 10.1. The number of ether oxygens (including phenoxy) is 1. The number of fused-ring (bicyclic) bond motifs is 1. The first kappa shape index (κ1) is 17.1. The van der Waals surface area contributed by atoms with Crippen molar-refractivity contribution in [2.24, 2.45) is 0 Å². The minimum absolute atomic E-state index is 0.101. The summed E-state index contributed by atoms with van der Waals surface area (Å²) in [7, 11) is 0. The number of nitrogens with zero attached hydrogens (tertiary/aromatic N) is 1. The maximum Gasteiger partial charge on any atom is 0.195 e. The Morgan fingerprint density at radius 2 is 1.64 bits per heavy atom. The molecule has 0 aliphatic heterocycles. The zero-order valence-electron chi connectivity index (χ0n) is 14.0. The molecule has 25 heavy (non-hydrogen) atoms. The number of aromatic nitrogens is 1. The fourth-order valence-electron chi connectivity index (χ4n) is 2.43. The van der Waals surface area contributed by atoms with Crippen molar-refractivity contribution in [1.29, 1.82) is 0 Å². The van der Waals surface area contributed by atoms with E-state index in [1.54, 1.807) is 24.3 Å². The molecule has 0 aliphatic carbocycles. The highest BCUT2D eigenvalue weighted by Crippen LogP contribution is 2.30. The molecule has 0 bridgehead atoms. The maximum atomic E-state index is 14.2. The summed E-state index contributed by atoms with van der Waals surface area (Å²) in [5.74, 6) is -3.22. The Bertz CT molecular complexity index is 919. The Morgan fingerprint density at radius 3 is 2.28 bits per heavy atom. The summed E-state index contributed by atoms with van der Waals surface area (Å²) in [4.78, 5) is 4.04. The summed E-state index contributed by atoms with van der Waals surface area (Å²) < 4.78 is 46.8. The average Bonchev–Trinajstić information content (AvgIpc) is 2.53. The summed E-state index contributed by atoms with van der Waals surface area (Å²) in [5, 5.41) is 3.05. The van der Waals surface area contributed by atoms with Crippen LogP contribution in [0.5, 0.6) is 5.75 Å². The van der Waals surface area contributed by atoms with E-state index < -0.39 is 17.5 Å². The van der Waals surface area contributed by atoms with Crippen molar-refractivity contribution in [3.8, 4) is 5.75 Å². The second-order valence-corrected chi connectivity index (χ2v) is 6.61. The van der Waals surface area contributed by atoms with E-state index >= 15 is 0 Å². The van der Waals surface area contributed by atoms with Gasteiger partial charge in [-0.25, -0.2) is 18.2 Å². The smallest absolute Gasteiger partial charge is 0.195 e. The van der Waals surface area contributed by atoms with Crippen LogP contribution in [0.1, 0.15) is 20.8 Å². The van der Waals surface area contributed by atoms with Gasteiger partial charge in [-0.15, -0.1) is 0 Å². The number of benzene rings is 2. The molecule has 0 saturated heterocycles. The number of anilines is 2. The Morgan fingerprint density at radius 1 is 0.960 bits per heavy atom. The molecule has 1 aromatic heterocycles. The Hall–Kier alpha value is -2.76. The number of nitrogens with one attached hydrogen (secondary N) is 1. The molecule has 1 heterocycles. The van der Waals surface area contributed by atoms with Crippen LogP contribution in [-0.2, 0) is 0 Å². The normalized spacial score (nSPS) is 11.6. The van der Waals surface area contributed by atoms with Crippen molar-refractivity contribution in [1.82, 2.24) is 4.98 Å². The van der Waals surface area contributed by atoms with E-state index in [0.29, 0.717) is 11.4 Å². The van der Waals surface area contributed by atoms with Crippen LogP contribution >= 0.6 is 0 Å². The fourth-order valence-corrected chi connectivity index (χ4v) is 2.43. The molecular formula is C19H17F3N2O. The van der Waals surface area contributed by atoms with Gasteiger partial charge in [0.2, 0.25) is 0 Å². The Balaban J connectivity index is 1.94. The lowest BCUT2D eigenvalue weighted by molar-refractivity contribution is 0.131. The van der Waals surface area contributed by atoms with Gasteiger partial charge in [0, 0.05) is 11.9 Å². The van der Waals surface area contributed by atoms with Crippen LogP contribution in [0.15, 0.2) is 42.6 Å². The second-order valence-electron chi connectivity index (χ2n) is 6.61. The predicted molar refractivity (Wildman–Crippen MR) is 91.7 cm³/mol. The van der Waals surface area contributed by atoms with Crippen LogP contribution in [0, 0.1) is 17.5 Å². The topological polar surface area (TPSA) is 34.1 Å². The molecule has 0 fully saturated rings. The van der Waals surface area contributed by atoms with E-state index in [1.165, 1.54) is 12.3 Å². The molecule has 0 amide bonds. The zero-order chi connectivity index (χ0) is 18.2. The monoisotopic (exact) mass is 346 g/mol. The van der Waals surface area contributed by atoms with Crippen LogP contribution in [0.4, 0.5) is 24.7 Å². The highest BCUT2D eigenvalue weighted by Gasteiger charge is 2.17. The first-order chi connectivity index (χ1) is 11.7. The first-order valence-electron chi connectivity index (χ1n) is 7.73. The predicted octanol–water partition coefficient (Wildman–Crippen LogP) is 5.57. The SMILES string of the molecule is CC(C)(C)Oc1ccc(Nc2nccc3cc(F)c(F)c(F)c23)cc1. The van der Waals surface area contributed by atoms with Gasteiger partial charge in [0.25, 0.3) is 0 Å². The minimum atomic E-state index is -1.52. The zero-order valence-corrected chi connectivity index (χ0v) is 14.0. The molecular weight excluding hydrogens is 329 g/mol. The van der Waals surface area contributed by atoms with Gasteiger partial charge in [-0.2, -0.15) is 0 Å². The van der Waals surface area contributed by atoms with Crippen LogP contribution in [0.25, 0.3) is 10.8 Å². The summed E-state index contributed by atoms with van der Waals surface area (Å²) >= 11 is 0. The molecule has 0 atom stereocenters. The number of pyridine rings is 1. The van der Waals surface area contributed by atoms with Crippen LogP contribution < -0.4 is 10.1 Å². The number of hydrogen-bond donors (Lipinski definition) is 1. The van der Waals surface area contributed by atoms with Gasteiger partial charge in [0.15, 0.2) is 17.5 Å². The molecule has 0 spiro atoms. The molecule has 3 aromatic rings. The van der Waals surface area contributed by atoms with Crippen molar-refractivity contribution in [3.05, 3.63) is 60.0 Å². The number of halogens is 3. The second kappa shape index (κ2) is 6.27. The van der Waals surface area contributed by atoms with Crippen LogP contribution in [0.2, 0.25) is 0 Å². The molecule has 3 nitrogen and oxygen atoms in total.